The normalized spacial score (nSPS) is 9.95. The molecule has 0 aliphatic rings. The topological polar surface area (TPSA) is 43.1 Å². The minimum Gasteiger partial charge on any atom is -0.258 e. The Morgan fingerprint density at radius 2 is 1.52 bits per heavy atom. The summed E-state index contributed by atoms with van der Waals surface area (Å²) in [5.74, 6) is 6.20. The third-order valence-corrected chi connectivity index (χ3v) is 3.47. The van der Waals surface area contributed by atoms with Gasteiger partial charge < -0.3 is 0 Å². The lowest BCUT2D eigenvalue weighted by Crippen LogP contribution is -1.86. The fourth-order valence-electron chi connectivity index (χ4n) is 2.18. The summed E-state index contributed by atoms with van der Waals surface area (Å²) in [4.78, 5) is 10.1. The molecule has 1 aromatic rings. The van der Waals surface area contributed by atoms with Gasteiger partial charge in [0.25, 0.3) is 5.69 Å². The zero-order valence-electron chi connectivity index (χ0n) is 12.9. The van der Waals surface area contributed by atoms with E-state index in [1.807, 2.05) is 0 Å². The smallest absolute Gasteiger partial charge is 0.258 e. The van der Waals surface area contributed by atoms with Gasteiger partial charge in [0, 0.05) is 24.1 Å². The number of hydrogen-bond donors (Lipinski definition) is 0. The fourth-order valence-corrected chi connectivity index (χ4v) is 2.18. The zero-order valence-corrected chi connectivity index (χ0v) is 12.9. The molecule has 0 heterocycles. The van der Waals surface area contributed by atoms with E-state index < -0.39 is 4.92 Å². The van der Waals surface area contributed by atoms with E-state index in [9.17, 15) is 10.1 Å². The second kappa shape index (κ2) is 10.9. The zero-order chi connectivity index (χ0) is 15.3. The number of nitro groups is 1. The van der Waals surface area contributed by atoms with Crippen LogP contribution in [0.3, 0.4) is 0 Å². The second-order valence-electron chi connectivity index (χ2n) is 5.33. The lowest BCUT2D eigenvalue weighted by molar-refractivity contribution is -0.384. The van der Waals surface area contributed by atoms with Crippen LogP contribution in [0.1, 0.15) is 70.3 Å². The third kappa shape index (κ3) is 8.14. The van der Waals surface area contributed by atoms with Gasteiger partial charge in [-0.25, -0.2) is 0 Å². The molecular weight excluding hydrogens is 262 g/mol. The molecule has 0 aliphatic heterocycles. The van der Waals surface area contributed by atoms with Crippen molar-refractivity contribution in [1.82, 2.24) is 0 Å². The van der Waals surface area contributed by atoms with Crippen LogP contribution in [0.4, 0.5) is 5.69 Å². The van der Waals surface area contributed by atoms with E-state index in [1.165, 1.54) is 57.1 Å². The third-order valence-electron chi connectivity index (χ3n) is 3.47. The van der Waals surface area contributed by atoms with E-state index in [2.05, 4.69) is 18.8 Å². The number of nitro benzene ring substituents is 1. The average Bonchev–Trinajstić information content (AvgIpc) is 2.49. The molecule has 0 unspecified atom stereocenters. The van der Waals surface area contributed by atoms with E-state index in [1.54, 1.807) is 12.1 Å². The maximum Gasteiger partial charge on any atom is 0.269 e. The van der Waals surface area contributed by atoms with E-state index >= 15 is 0 Å². The summed E-state index contributed by atoms with van der Waals surface area (Å²) in [5.41, 5.74) is 0.962. The van der Waals surface area contributed by atoms with Crippen molar-refractivity contribution in [3.63, 3.8) is 0 Å². The van der Waals surface area contributed by atoms with Gasteiger partial charge in [0.1, 0.15) is 0 Å². The molecule has 0 saturated heterocycles. The highest BCUT2D eigenvalue weighted by atomic mass is 16.6. The van der Waals surface area contributed by atoms with Gasteiger partial charge in [0.2, 0.25) is 0 Å². The second-order valence-corrected chi connectivity index (χ2v) is 5.33. The van der Waals surface area contributed by atoms with E-state index in [-0.39, 0.29) is 5.69 Å². The maximum atomic E-state index is 10.5. The van der Waals surface area contributed by atoms with E-state index in [0.717, 1.165) is 18.4 Å². The molecule has 0 radical (unpaired) electrons. The van der Waals surface area contributed by atoms with Crippen LogP contribution in [0.2, 0.25) is 0 Å². The van der Waals surface area contributed by atoms with Gasteiger partial charge in [-0.05, 0) is 18.6 Å². The van der Waals surface area contributed by atoms with Crippen molar-refractivity contribution >= 4 is 5.69 Å². The van der Waals surface area contributed by atoms with Gasteiger partial charge in [0.05, 0.1) is 4.92 Å². The minimum absolute atomic E-state index is 0.114. The quantitative estimate of drug-likeness (QED) is 0.261. The molecule has 0 N–H and O–H groups in total. The van der Waals surface area contributed by atoms with Gasteiger partial charge in [-0.1, -0.05) is 63.7 Å². The summed E-state index contributed by atoms with van der Waals surface area (Å²) in [6, 6.07) is 6.42. The van der Waals surface area contributed by atoms with Gasteiger partial charge >= 0.3 is 0 Å². The van der Waals surface area contributed by atoms with Crippen LogP contribution in [0.15, 0.2) is 24.3 Å². The molecule has 3 nitrogen and oxygen atoms in total. The minimum atomic E-state index is -0.391. The van der Waals surface area contributed by atoms with Crippen molar-refractivity contribution in [3.8, 4) is 11.8 Å². The Labute approximate surface area is 127 Å². The Hall–Kier alpha value is -1.82. The first kappa shape index (κ1) is 17.2. The van der Waals surface area contributed by atoms with Crippen LogP contribution in [0, 0.1) is 22.0 Å². The first-order chi connectivity index (χ1) is 10.2. The van der Waals surface area contributed by atoms with E-state index in [4.69, 9.17) is 0 Å². The summed E-state index contributed by atoms with van der Waals surface area (Å²) < 4.78 is 0. The molecule has 0 aromatic heterocycles. The van der Waals surface area contributed by atoms with Gasteiger partial charge in [-0.3, -0.25) is 10.1 Å². The summed E-state index contributed by atoms with van der Waals surface area (Å²) in [7, 11) is 0. The molecular formula is C18H25NO2. The molecule has 1 rings (SSSR count). The lowest BCUT2D eigenvalue weighted by Gasteiger charge is -1.99. The van der Waals surface area contributed by atoms with Gasteiger partial charge in [-0.2, -0.15) is 0 Å². The Balaban J connectivity index is 2.11. The molecule has 0 amide bonds. The number of unbranched alkanes of at least 4 members (excludes halogenated alkanes) is 8. The highest BCUT2D eigenvalue weighted by Gasteiger charge is 2.01. The Morgan fingerprint density at radius 1 is 0.952 bits per heavy atom. The molecule has 0 bridgehead atoms. The van der Waals surface area contributed by atoms with Crippen molar-refractivity contribution in [2.45, 2.75) is 64.7 Å². The van der Waals surface area contributed by atoms with Crippen molar-refractivity contribution in [3.05, 3.63) is 39.9 Å². The molecule has 3 heteroatoms. The Kier molecular flexibility index (Phi) is 8.95. The summed E-state index contributed by atoms with van der Waals surface area (Å²) >= 11 is 0. The molecule has 0 spiro atoms. The number of benzene rings is 1. The predicted molar refractivity (Wildman–Crippen MR) is 87.2 cm³/mol. The highest BCUT2D eigenvalue weighted by molar-refractivity contribution is 5.40. The standard InChI is InChI=1S/C18H25NO2/c1-2-3-4-5-6-7-8-9-10-11-12-17-13-15-18(16-14-17)19(20)21/h13-16H,2-10H2,1H3. The summed E-state index contributed by atoms with van der Waals surface area (Å²) in [5, 5.41) is 10.5. The average molecular weight is 287 g/mol. The first-order valence-electron chi connectivity index (χ1n) is 7.97. The maximum absolute atomic E-state index is 10.5. The van der Waals surface area contributed by atoms with Gasteiger partial charge in [0.15, 0.2) is 0 Å². The SMILES string of the molecule is CCCCCCCCCCC#Cc1ccc([N+](=O)[O-])cc1. The first-order valence-corrected chi connectivity index (χ1v) is 7.97. The molecule has 21 heavy (non-hydrogen) atoms. The van der Waals surface area contributed by atoms with Crippen molar-refractivity contribution in [2.24, 2.45) is 0 Å². The predicted octanol–water partition coefficient (Wildman–Crippen LogP) is 5.48. The van der Waals surface area contributed by atoms with Crippen molar-refractivity contribution in [1.29, 1.82) is 0 Å². The van der Waals surface area contributed by atoms with Crippen molar-refractivity contribution < 1.29 is 4.92 Å². The summed E-state index contributed by atoms with van der Waals surface area (Å²) in [6.07, 6.45) is 11.4. The van der Waals surface area contributed by atoms with Crippen LogP contribution in [-0.2, 0) is 0 Å². The highest BCUT2D eigenvalue weighted by Crippen LogP contribution is 2.11. The Morgan fingerprint density at radius 3 is 2.10 bits per heavy atom. The molecule has 114 valence electrons. The van der Waals surface area contributed by atoms with Crippen LogP contribution < -0.4 is 0 Å². The fraction of sp³-hybridized carbons (Fsp3) is 0.556. The lowest BCUT2D eigenvalue weighted by atomic mass is 10.1. The number of non-ortho nitro benzene ring substituents is 1. The molecule has 0 aliphatic carbocycles. The van der Waals surface area contributed by atoms with Gasteiger partial charge in [-0.15, -0.1) is 0 Å². The van der Waals surface area contributed by atoms with Crippen LogP contribution in [0.5, 0.6) is 0 Å². The largest absolute Gasteiger partial charge is 0.269 e. The van der Waals surface area contributed by atoms with Crippen LogP contribution in [0.25, 0.3) is 0 Å². The molecule has 0 fully saturated rings. The summed E-state index contributed by atoms with van der Waals surface area (Å²) in [6.45, 7) is 2.24. The molecule has 0 saturated carbocycles. The van der Waals surface area contributed by atoms with Crippen molar-refractivity contribution in [2.75, 3.05) is 0 Å². The number of nitrogens with zero attached hydrogens (tertiary/aromatic N) is 1. The molecule has 1 aromatic carbocycles. The van der Waals surface area contributed by atoms with Crippen LogP contribution in [-0.4, -0.2) is 4.92 Å². The molecule has 0 atom stereocenters. The van der Waals surface area contributed by atoms with E-state index in [0.29, 0.717) is 0 Å². The Bertz CT molecular complexity index is 468. The number of hydrogen-bond acceptors (Lipinski definition) is 2. The van der Waals surface area contributed by atoms with Crippen LogP contribution >= 0.6 is 0 Å². The monoisotopic (exact) mass is 287 g/mol. The number of rotatable bonds is 9.